The maximum absolute atomic E-state index is 13.4. The van der Waals surface area contributed by atoms with Crippen LogP contribution in [-0.2, 0) is 6.54 Å². The molecule has 2 aromatic carbocycles. The SMILES string of the molecule is Fc1ccc(CNc2c(F)cccc2Cl)c(F)c1. The average molecular weight is 272 g/mol. The molecule has 1 N–H and O–H groups in total. The highest BCUT2D eigenvalue weighted by Gasteiger charge is 2.08. The zero-order valence-corrected chi connectivity index (χ0v) is 9.94. The lowest BCUT2D eigenvalue weighted by Crippen LogP contribution is -2.04. The molecule has 18 heavy (non-hydrogen) atoms. The fourth-order valence-electron chi connectivity index (χ4n) is 1.52. The van der Waals surface area contributed by atoms with Crippen LogP contribution in [0.4, 0.5) is 18.9 Å². The summed E-state index contributed by atoms with van der Waals surface area (Å²) < 4.78 is 39.5. The first-order valence-electron chi connectivity index (χ1n) is 5.20. The Morgan fingerprint density at radius 2 is 1.78 bits per heavy atom. The minimum absolute atomic E-state index is 0.0206. The Balaban J connectivity index is 2.16. The van der Waals surface area contributed by atoms with Crippen LogP contribution in [0.15, 0.2) is 36.4 Å². The van der Waals surface area contributed by atoms with Gasteiger partial charge in [0.25, 0.3) is 0 Å². The first-order chi connectivity index (χ1) is 8.58. The highest BCUT2D eigenvalue weighted by Crippen LogP contribution is 2.25. The Bertz CT molecular complexity index is 552. The van der Waals surface area contributed by atoms with Gasteiger partial charge in [-0.3, -0.25) is 0 Å². The lowest BCUT2D eigenvalue weighted by molar-refractivity contribution is 0.573. The van der Waals surface area contributed by atoms with Crippen molar-refractivity contribution >= 4 is 17.3 Å². The zero-order chi connectivity index (χ0) is 13.1. The quantitative estimate of drug-likeness (QED) is 0.874. The average Bonchev–Trinajstić information content (AvgIpc) is 2.31. The van der Waals surface area contributed by atoms with Crippen molar-refractivity contribution in [2.75, 3.05) is 5.32 Å². The van der Waals surface area contributed by atoms with E-state index >= 15 is 0 Å². The lowest BCUT2D eigenvalue weighted by Gasteiger charge is -2.10. The fourth-order valence-corrected chi connectivity index (χ4v) is 1.75. The van der Waals surface area contributed by atoms with Crippen molar-refractivity contribution in [2.45, 2.75) is 6.54 Å². The summed E-state index contributed by atoms with van der Waals surface area (Å²) in [7, 11) is 0. The molecule has 0 amide bonds. The van der Waals surface area contributed by atoms with Crippen molar-refractivity contribution in [3.05, 3.63) is 64.4 Å². The van der Waals surface area contributed by atoms with E-state index in [1.54, 1.807) is 0 Å². The van der Waals surface area contributed by atoms with E-state index in [4.69, 9.17) is 11.6 Å². The van der Waals surface area contributed by atoms with E-state index in [-0.39, 0.29) is 22.8 Å². The van der Waals surface area contributed by atoms with Gasteiger partial charge in [-0.15, -0.1) is 0 Å². The molecule has 0 aliphatic rings. The van der Waals surface area contributed by atoms with E-state index in [9.17, 15) is 13.2 Å². The topological polar surface area (TPSA) is 12.0 Å². The minimum atomic E-state index is -0.685. The molecule has 0 spiro atoms. The summed E-state index contributed by atoms with van der Waals surface area (Å²) in [6, 6.07) is 7.46. The normalized spacial score (nSPS) is 10.4. The van der Waals surface area contributed by atoms with Gasteiger partial charge in [0, 0.05) is 18.2 Å². The summed E-state index contributed by atoms with van der Waals surface area (Å²) in [6.45, 7) is 0.0206. The van der Waals surface area contributed by atoms with Crippen LogP contribution in [0.3, 0.4) is 0 Å². The molecular formula is C13H9ClF3N. The first-order valence-corrected chi connectivity index (χ1v) is 5.57. The van der Waals surface area contributed by atoms with Crippen molar-refractivity contribution in [3.63, 3.8) is 0 Å². The molecule has 1 nitrogen and oxygen atoms in total. The maximum atomic E-state index is 13.4. The van der Waals surface area contributed by atoms with Crippen LogP contribution in [0.2, 0.25) is 5.02 Å². The molecule has 0 saturated heterocycles. The van der Waals surface area contributed by atoms with Crippen LogP contribution in [0, 0.1) is 17.5 Å². The molecule has 2 aromatic rings. The van der Waals surface area contributed by atoms with Crippen molar-refractivity contribution in [1.82, 2.24) is 0 Å². The van der Waals surface area contributed by atoms with Crippen molar-refractivity contribution in [3.8, 4) is 0 Å². The second kappa shape index (κ2) is 5.31. The molecule has 0 atom stereocenters. The third-order valence-electron chi connectivity index (χ3n) is 2.43. The molecule has 5 heteroatoms. The van der Waals surface area contributed by atoms with E-state index in [0.717, 1.165) is 12.1 Å². The van der Waals surface area contributed by atoms with Crippen LogP contribution in [-0.4, -0.2) is 0 Å². The summed E-state index contributed by atoms with van der Waals surface area (Å²) in [6.07, 6.45) is 0. The van der Waals surface area contributed by atoms with E-state index < -0.39 is 17.5 Å². The third kappa shape index (κ3) is 2.76. The van der Waals surface area contributed by atoms with Gasteiger partial charge in [-0.05, 0) is 18.2 Å². The van der Waals surface area contributed by atoms with Gasteiger partial charge < -0.3 is 5.32 Å². The molecule has 0 aliphatic carbocycles. The Labute approximate surface area is 107 Å². The lowest BCUT2D eigenvalue weighted by atomic mass is 10.2. The van der Waals surface area contributed by atoms with Gasteiger partial charge in [-0.25, -0.2) is 13.2 Å². The minimum Gasteiger partial charge on any atom is -0.377 e. The van der Waals surface area contributed by atoms with Gasteiger partial charge in [0.1, 0.15) is 17.5 Å². The van der Waals surface area contributed by atoms with Gasteiger partial charge in [0.2, 0.25) is 0 Å². The number of para-hydroxylation sites is 1. The number of hydrogen-bond donors (Lipinski definition) is 1. The predicted octanol–water partition coefficient (Wildman–Crippen LogP) is 4.37. The highest BCUT2D eigenvalue weighted by molar-refractivity contribution is 6.33. The Kier molecular flexibility index (Phi) is 3.77. The van der Waals surface area contributed by atoms with E-state index in [1.807, 2.05) is 0 Å². The molecule has 0 heterocycles. The molecule has 94 valence electrons. The number of rotatable bonds is 3. The molecule has 0 bridgehead atoms. The summed E-state index contributed by atoms with van der Waals surface area (Å²) in [5.74, 6) is -1.86. The maximum Gasteiger partial charge on any atom is 0.147 e. The van der Waals surface area contributed by atoms with Gasteiger partial charge in [-0.1, -0.05) is 23.7 Å². The standard InChI is InChI=1S/C13H9ClF3N/c14-10-2-1-3-11(16)13(10)18-7-8-4-5-9(15)6-12(8)17/h1-6,18H,7H2. The molecule has 2 rings (SSSR count). The molecule has 0 aromatic heterocycles. The summed E-state index contributed by atoms with van der Waals surface area (Å²) in [5, 5.41) is 2.89. The number of nitrogens with one attached hydrogen (secondary N) is 1. The summed E-state index contributed by atoms with van der Waals surface area (Å²) in [4.78, 5) is 0. The fraction of sp³-hybridized carbons (Fsp3) is 0.0769. The van der Waals surface area contributed by atoms with Crippen LogP contribution in [0.1, 0.15) is 5.56 Å². The third-order valence-corrected chi connectivity index (χ3v) is 2.75. The Morgan fingerprint density at radius 3 is 2.44 bits per heavy atom. The number of halogens is 4. The molecule has 0 aliphatic heterocycles. The van der Waals surface area contributed by atoms with Gasteiger partial charge in [-0.2, -0.15) is 0 Å². The van der Waals surface area contributed by atoms with Crippen LogP contribution in [0.5, 0.6) is 0 Å². The molecule has 0 unspecified atom stereocenters. The number of benzene rings is 2. The van der Waals surface area contributed by atoms with E-state index in [1.165, 1.54) is 24.3 Å². The van der Waals surface area contributed by atoms with Crippen LogP contribution in [0.25, 0.3) is 0 Å². The second-order valence-electron chi connectivity index (χ2n) is 3.69. The summed E-state index contributed by atoms with van der Waals surface area (Å²) in [5.41, 5.74) is 0.332. The molecule has 0 saturated carbocycles. The van der Waals surface area contributed by atoms with Crippen molar-refractivity contribution < 1.29 is 13.2 Å². The Hall–Kier alpha value is -1.68. The number of hydrogen-bond acceptors (Lipinski definition) is 1. The van der Waals surface area contributed by atoms with Gasteiger partial charge >= 0.3 is 0 Å². The number of anilines is 1. The van der Waals surface area contributed by atoms with E-state index in [0.29, 0.717) is 0 Å². The Morgan fingerprint density at radius 1 is 1.00 bits per heavy atom. The van der Waals surface area contributed by atoms with Crippen molar-refractivity contribution in [1.29, 1.82) is 0 Å². The zero-order valence-electron chi connectivity index (χ0n) is 9.18. The van der Waals surface area contributed by atoms with Crippen LogP contribution >= 0.6 is 11.6 Å². The largest absolute Gasteiger partial charge is 0.377 e. The van der Waals surface area contributed by atoms with Gasteiger partial charge in [0.05, 0.1) is 10.7 Å². The predicted molar refractivity (Wildman–Crippen MR) is 65.1 cm³/mol. The van der Waals surface area contributed by atoms with Crippen LogP contribution < -0.4 is 5.32 Å². The second-order valence-corrected chi connectivity index (χ2v) is 4.09. The van der Waals surface area contributed by atoms with E-state index in [2.05, 4.69) is 5.32 Å². The molecular weight excluding hydrogens is 263 g/mol. The highest BCUT2D eigenvalue weighted by atomic mass is 35.5. The first kappa shape index (κ1) is 12.8. The monoisotopic (exact) mass is 271 g/mol. The molecule has 0 radical (unpaired) electrons. The van der Waals surface area contributed by atoms with Gasteiger partial charge in [0.15, 0.2) is 0 Å². The smallest absolute Gasteiger partial charge is 0.147 e. The van der Waals surface area contributed by atoms with Crippen molar-refractivity contribution in [2.24, 2.45) is 0 Å². The molecule has 0 fully saturated rings. The summed E-state index contributed by atoms with van der Waals surface area (Å²) >= 11 is 5.80.